The molecule has 0 radical (unpaired) electrons. The molecule has 8 heteroatoms. The van der Waals surface area contributed by atoms with E-state index in [1.54, 1.807) is 24.3 Å². The number of aryl methyl sites for hydroxylation is 1. The summed E-state index contributed by atoms with van der Waals surface area (Å²) >= 11 is 0.828. The molecule has 1 aliphatic rings. The van der Waals surface area contributed by atoms with E-state index in [9.17, 15) is 14.4 Å². The van der Waals surface area contributed by atoms with Crippen molar-refractivity contribution in [2.24, 2.45) is 0 Å². The average molecular weight is 436 g/mol. The minimum Gasteiger partial charge on any atom is -0.493 e. The highest BCUT2D eigenvalue weighted by molar-refractivity contribution is 8.18. The summed E-state index contributed by atoms with van der Waals surface area (Å²) in [4.78, 5) is 37.6. The second kappa shape index (κ2) is 9.87. The molecular formula is C23H20N2O5S. The van der Waals surface area contributed by atoms with Gasteiger partial charge >= 0.3 is 0 Å². The molecule has 0 unspecified atom stereocenters. The van der Waals surface area contributed by atoms with Gasteiger partial charge in [0, 0.05) is 5.69 Å². The van der Waals surface area contributed by atoms with Gasteiger partial charge in [0.15, 0.2) is 18.1 Å². The van der Waals surface area contributed by atoms with Crippen LogP contribution in [0.5, 0.6) is 11.5 Å². The first-order valence-corrected chi connectivity index (χ1v) is 10.1. The highest BCUT2D eigenvalue weighted by atomic mass is 32.2. The van der Waals surface area contributed by atoms with Gasteiger partial charge in [-0.3, -0.25) is 19.3 Å². The van der Waals surface area contributed by atoms with Crippen molar-refractivity contribution in [2.45, 2.75) is 6.92 Å². The summed E-state index contributed by atoms with van der Waals surface area (Å²) in [7, 11) is 1.47. The summed E-state index contributed by atoms with van der Waals surface area (Å²) in [5, 5.41) is 2.35. The molecule has 1 aliphatic heterocycles. The number of nitrogens with one attached hydrogen (secondary N) is 1. The second-order valence-corrected chi connectivity index (χ2v) is 7.58. The van der Waals surface area contributed by atoms with E-state index in [1.807, 2.05) is 31.2 Å². The number of terminal acetylenes is 1. The summed E-state index contributed by atoms with van der Waals surface area (Å²) in [5.74, 6) is 2.32. The lowest BCUT2D eigenvalue weighted by molar-refractivity contribution is -0.122. The number of benzene rings is 2. The lowest BCUT2D eigenvalue weighted by Gasteiger charge is -2.12. The Morgan fingerprint density at radius 2 is 1.94 bits per heavy atom. The number of amides is 3. The molecule has 1 heterocycles. The number of ether oxygens (including phenoxy) is 2. The normalized spacial score (nSPS) is 14.5. The Bertz CT molecular complexity index is 1090. The van der Waals surface area contributed by atoms with Gasteiger partial charge in [-0.05, 0) is 54.6 Å². The van der Waals surface area contributed by atoms with Gasteiger partial charge in [-0.2, -0.15) is 0 Å². The molecule has 1 saturated heterocycles. The van der Waals surface area contributed by atoms with Gasteiger partial charge in [-0.1, -0.05) is 29.7 Å². The Labute approximate surface area is 184 Å². The van der Waals surface area contributed by atoms with Crippen LogP contribution in [0.4, 0.5) is 10.5 Å². The Morgan fingerprint density at radius 1 is 1.19 bits per heavy atom. The van der Waals surface area contributed by atoms with Crippen LogP contribution in [0, 0.1) is 19.3 Å². The topological polar surface area (TPSA) is 84.9 Å². The third-order valence-corrected chi connectivity index (χ3v) is 5.21. The van der Waals surface area contributed by atoms with Crippen LogP contribution in [-0.4, -0.2) is 42.2 Å². The van der Waals surface area contributed by atoms with Crippen LogP contribution in [0.2, 0.25) is 0 Å². The minimum absolute atomic E-state index is 0.0667. The van der Waals surface area contributed by atoms with Crippen LogP contribution in [-0.2, 0) is 9.59 Å². The van der Waals surface area contributed by atoms with Crippen LogP contribution in [0.25, 0.3) is 6.08 Å². The van der Waals surface area contributed by atoms with Crippen molar-refractivity contribution >= 4 is 40.6 Å². The fraction of sp³-hybridized carbons (Fsp3) is 0.174. The summed E-state index contributed by atoms with van der Waals surface area (Å²) in [5.41, 5.74) is 2.42. The molecule has 0 bridgehead atoms. The quantitative estimate of drug-likeness (QED) is 0.526. The number of thioether (sulfide) groups is 1. The maximum absolute atomic E-state index is 12.3. The Balaban J connectivity index is 1.67. The van der Waals surface area contributed by atoms with Crippen LogP contribution < -0.4 is 14.8 Å². The third-order valence-electron chi connectivity index (χ3n) is 4.30. The van der Waals surface area contributed by atoms with E-state index >= 15 is 0 Å². The van der Waals surface area contributed by atoms with E-state index in [0.29, 0.717) is 22.7 Å². The number of hydrogen-bond acceptors (Lipinski definition) is 6. The number of hydrogen-bond donors (Lipinski definition) is 1. The highest BCUT2D eigenvalue weighted by Gasteiger charge is 2.34. The highest BCUT2D eigenvalue weighted by Crippen LogP contribution is 2.34. The molecule has 0 saturated carbocycles. The first-order chi connectivity index (χ1) is 14.9. The summed E-state index contributed by atoms with van der Waals surface area (Å²) in [6, 6.07) is 12.4. The number of rotatable bonds is 7. The molecule has 2 aromatic carbocycles. The predicted molar refractivity (Wildman–Crippen MR) is 120 cm³/mol. The number of methoxy groups -OCH3 is 1. The first-order valence-electron chi connectivity index (χ1n) is 9.27. The summed E-state index contributed by atoms with van der Waals surface area (Å²) in [6.07, 6.45) is 6.78. The molecule has 2 aromatic rings. The third kappa shape index (κ3) is 5.47. The monoisotopic (exact) mass is 436 g/mol. The largest absolute Gasteiger partial charge is 0.493 e. The Kier molecular flexibility index (Phi) is 7.00. The molecule has 1 N–H and O–H groups in total. The molecule has 158 valence electrons. The van der Waals surface area contributed by atoms with Gasteiger partial charge in [0.1, 0.15) is 0 Å². The van der Waals surface area contributed by atoms with Gasteiger partial charge in [0.2, 0.25) is 0 Å². The van der Waals surface area contributed by atoms with Crippen molar-refractivity contribution in [1.82, 2.24) is 4.90 Å². The first kappa shape index (κ1) is 22.0. The molecule has 3 amide bonds. The summed E-state index contributed by atoms with van der Waals surface area (Å²) < 4.78 is 10.9. The lowest BCUT2D eigenvalue weighted by atomic mass is 10.2. The molecule has 31 heavy (non-hydrogen) atoms. The maximum atomic E-state index is 12.3. The van der Waals surface area contributed by atoms with Crippen molar-refractivity contribution in [3.63, 3.8) is 0 Å². The van der Waals surface area contributed by atoms with E-state index in [0.717, 1.165) is 22.2 Å². The van der Waals surface area contributed by atoms with Crippen molar-refractivity contribution < 1.29 is 23.9 Å². The van der Waals surface area contributed by atoms with Gasteiger partial charge in [0.05, 0.1) is 18.6 Å². The number of nitrogens with zero attached hydrogens (tertiary/aromatic N) is 1. The Morgan fingerprint density at radius 3 is 2.61 bits per heavy atom. The van der Waals surface area contributed by atoms with Crippen molar-refractivity contribution in [3.8, 4) is 23.8 Å². The van der Waals surface area contributed by atoms with E-state index in [1.165, 1.54) is 7.11 Å². The fourth-order valence-corrected chi connectivity index (χ4v) is 3.59. The van der Waals surface area contributed by atoms with E-state index in [4.69, 9.17) is 15.9 Å². The van der Waals surface area contributed by atoms with Crippen LogP contribution in [0.3, 0.4) is 0 Å². The molecule has 0 spiro atoms. The van der Waals surface area contributed by atoms with Gasteiger partial charge in [0.25, 0.3) is 17.1 Å². The molecule has 0 aliphatic carbocycles. The maximum Gasteiger partial charge on any atom is 0.294 e. The molecular weight excluding hydrogens is 416 g/mol. The zero-order valence-electron chi connectivity index (χ0n) is 17.0. The van der Waals surface area contributed by atoms with E-state index < -0.39 is 11.1 Å². The van der Waals surface area contributed by atoms with Crippen LogP contribution in [0.1, 0.15) is 11.1 Å². The molecule has 0 aromatic heterocycles. The Hall–Kier alpha value is -3.70. The SMILES string of the molecule is C#CCN1C(=O)SC(=Cc2ccc(OCC(=O)Nc3ccc(C)cc3)c(OC)c2)C1=O. The molecule has 1 fully saturated rings. The van der Waals surface area contributed by atoms with Crippen molar-refractivity contribution in [1.29, 1.82) is 0 Å². The molecule has 3 rings (SSSR count). The van der Waals surface area contributed by atoms with Gasteiger partial charge < -0.3 is 14.8 Å². The predicted octanol–water partition coefficient (Wildman–Crippen LogP) is 3.69. The lowest BCUT2D eigenvalue weighted by Crippen LogP contribution is -2.28. The van der Waals surface area contributed by atoms with Crippen LogP contribution >= 0.6 is 11.8 Å². The summed E-state index contributed by atoms with van der Waals surface area (Å²) in [6.45, 7) is 1.70. The number of imide groups is 1. The zero-order valence-corrected chi connectivity index (χ0v) is 17.8. The van der Waals surface area contributed by atoms with Crippen molar-refractivity contribution in [2.75, 3.05) is 25.6 Å². The molecule has 7 nitrogen and oxygen atoms in total. The average Bonchev–Trinajstić information content (AvgIpc) is 3.02. The van der Waals surface area contributed by atoms with Crippen LogP contribution in [0.15, 0.2) is 47.4 Å². The van der Waals surface area contributed by atoms with E-state index in [-0.39, 0.29) is 24.0 Å². The number of carbonyl (C=O) groups excluding carboxylic acids is 3. The second-order valence-electron chi connectivity index (χ2n) is 6.59. The number of anilines is 1. The number of carbonyl (C=O) groups is 3. The van der Waals surface area contributed by atoms with Gasteiger partial charge in [-0.15, -0.1) is 6.42 Å². The zero-order chi connectivity index (χ0) is 22.4. The minimum atomic E-state index is -0.431. The van der Waals surface area contributed by atoms with Crippen molar-refractivity contribution in [3.05, 3.63) is 58.5 Å². The fourth-order valence-electron chi connectivity index (χ4n) is 2.75. The van der Waals surface area contributed by atoms with Gasteiger partial charge in [-0.25, -0.2) is 0 Å². The molecule has 0 atom stereocenters. The smallest absolute Gasteiger partial charge is 0.294 e. The van der Waals surface area contributed by atoms with E-state index in [2.05, 4.69) is 11.2 Å². The standard InChI is InChI=1S/C23H20N2O5S/c1-4-11-25-22(27)20(31-23(25)28)13-16-7-10-18(19(12-16)29-3)30-14-21(26)24-17-8-5-15(2)6-9-17/h1,5-10,12-13H,11,14H2,2-3H3,(H,24,26).